The molecule has 30 heavy (non-hydrogen) atoms. The summed E-state index contributed by atoms with van der Waals surface area (Å²) in [6.45, 7) is 6.71. The van der Waals surface area contributed by atoms with Gasteiger partial charge in [0, 0.05) is 48.1 Å². The molecule has 1 N–H and O–H groups in total. The first-order valence-corrected chi connectivity index (χ1v) is 10.8. The summed E-state index contributed by atoms with van der Waals surface area (Å²) in [6.07, 6.45) is 0. The Balaban J connectivity index is 1.44. The molecule has 0 spiro atoms. The molecule has 2 heterocycles. The lowest BCUT2D eigenvalue weighted by Crippen LogP contribution is -2.49. The van der Waals surface area contributed by atoms with Crippen molar-refractivity contribution < 1.29 is 4.79 Å². The number of carbonyl (C=O) groups excluding carboxylic acids is 1. The minimum atomic E-state index is 0.0500. The lowest BCUT2D eigenvalue weighted by atomic mass is 10.2. The number of piperazine rings is 1. The Labute approximate surface area is 185 Å². The van der Waals surface area contributed by atoms with Crippen LogP contribution in [-0.2, 0) is 0 Å². The van der Waals surface area contributed by atoms with Crippen LogP contribution in [0.4, 0.5) is 17.5 Å². The predicted octanol–water partition coefficient (Wildman–Crippen LogP) is 4.56. The molecule has 0 unspecified atom stereocenters. The number of rotatable bonds is 4. The van der Waals surface area contributed by atoms with Crippen molar-refractivity contribution in [3.8, 4) is 0 Å². The molecule has 1 saturated heterocycles. The fourth-order valence-corrected chi connectivity index (χ4v) is 3.91. The van der Waals surface area contributed by atoms with E-state index in [-0.39, 0.29) is 5.91 Å². The molecule has 7 heteroatoms. The van der Waals surface area contributed by atoms with E-state index in [1.165, 1.54) is 5.56 Å². The molecule has 2 aromatic carbocycles. The third kappa shape index (κ3) is 4.62. The first kappa shape index (κ1) is 20.3. The molecule has 0 radical (unpaired) electrons. The SMILES string of the molecule is Cc1ccc(Nc2cc(C)nc(N3CCN(C(=O)c4ccccc4Br)CC3)n2)cc1. The van der Waals surface area contributed by atoms with E-state index in [0.29, 0.717) is 37.7 Å². The summed E-state index contributed by atoms with van der Waals surface area (Å²) < 4.78 is 0.825. The quantitative estimate of drug-likeness (QED) is 0.611. The molecule has 4 rings (SSSR count). The first-order chi connectivity index (χ1) is 14.5. The van der Waals surface area contributed by atoms with Crippen LogP contribution in [0.3, 0.4) is 0 Å². The Bertz CT molecular complexity index is 1050. The smallest absolute Gasteiger partial charge is 0.255 e. The summed E-state index contributed by atoms with van der Waals surface area (Å²) in [7, 11) is 0. The normalized spacial score (nSPS) is 14.0. The Morgan fingerprint density at radius 1 is 0.967 bits per heavy atom. The summed E-state index contributed by atoms with van der Waals surface area (Å²) in [5, 5.41) is 3.36. The van der Waals surface area contributed by atoms with Crippen molar-refractivity contribution >= 4 is 39.3 Å². The van der Waals surface area contributed by atoms with E-state index >= 15 is 0 Å². The Hall–Kier alpha value is -2.93. The van der Waals surface area contributed by atoms with E-state index in [1.807, 2.05) is 54.3 Å². The number of carbonyl (C=O) groups is 1. The van der Waals surface area contributed by atoms with Crippen LogP contribution in [0, 0.1) is 13.8 Å². The second-order valence-electron chi connectivity index (χ2n) is 7.44. The molecule has 3 aromatic rings. The third-order valence-electron chi connectivity index (χ3n) is 5.12. The third-order valence-corrected chi connectivity index (χ3v) is 5.81. The van der Waals surface area contributed by atoms with Gasteiger partial charge in [-0.1, -0.05) is 29.8 Å². The van der Waals surface area contributed by atoms with E-state index in [2.05, 4.69) is 50.2 Å². The van der Waals surface area contributed by atoms with Gasteiger partial charge in [0.05, 0.1) is 5.56 Å². The van der Waals surface area contributed by atoms with Gasteiger partial charge in [-0.25, -0.2) is 4.98 Å². The summed E-state index contributed by atoms with van der Waals surface area (Å²) in [6, 6.07) is 17.7. The van der Waals surface area contributed by atoms with Gasteiger partial charge in [-0.3, -0.25) is 4.79 Å². The molecule has 1 aliphatic heterocycles. The van der Waals surface area contributed by atoms with Gasteiger partial charge in [-0.2, -0.15) is 4.98 Å². The van der Waals surface area contributed by atoms with Crippen molar-refractivity contribution in [2.75, 3.05) is 36.4 Å². The lowest BCUT2D eigenvalue weighted by molar-refractivity contribution is 0.0745. The van der Waals surface area contributed by atoms with Crippen molar-refractivity contribution in [2.45, 2.75) is 13.8 Å². The number of halogens is 1. The highest BCUT2D eigenvalue weighted by molar-refractivity contribution is 9.10. The lowest BCUT2D eigenvalue weighted by Gasteiger charge is -2.35. The van der Waals surface area contributed by atoms with E-state index in [1.54, 1.807) is 0 Å². The van der Waals surface area contributed by atoms with Gasteiger partial charge in [0.15, 0.2) is 0 Å². The van der Waals surface area contributed by atoms with Crippen LogP contribution in [0.15, 0.2) is 59.1 Å². The first-order valence-electron chi connectivity index (χ1n) is 9.98. The molecule has 1 fully saturated rings. The van der Waals surface area contributed by atoms with Gasteiger partial charge < -0.3 is 15.1 Å². The maximum atomic E-state index is 12.8. The van der Waals surface area contributed by atoms with Gasteiger partial charge in [0.25, 0.3) is 5.91 Å². The van der Waals surface area contributed by atoms with Crippen molar-refractivity contribution in [1.29, 1.82) is 0 Å². The van der Waals surface area contributed by atoms with Crippen LogP contribution in [0.25, 0.3) is 0 Å². The maximum Gasteiger partial charge on any atom is 0.255 e. The second-order valence-corrected chi connectivity index (χ2v) is 8.30. The Morgan fingerprint density at radius 2 is 1.67 bits per heavy atom. The van der Waals surface area contributed by atoms with E-state index in [9.17, 15) is 4.79 Å². The molecular formula is C23H24BrN5O. The number of amides is 1. The molecule has 154 valence electrons. The maximum absolute atomic E-state index is 12.8. The van der Waals surface area contributed by atoms with Gasteiger partial charge in [0.1, 0.15) is 5.82 Å². The summed E-state index contributed by atoms with van der Waals surface area (Å²) in [5.41, 5.74) is 3.81. The highest BCUT2D eigenvalue weighted by Gasteiger charge is 2.24. The molecule has 0 saturated carbocycles. The number of aromatic nitrogens is 2. The Kier molecular flexibility index (Phi) is 5.99. The van der Waals surface area contributed by atoms with Gasteiger partial charge in [-0.05, 0) is 54.0 Å². The van der Waals surface area contributed by atoms with Gasteiger partial charge >= 0.3 is 0 Å². The number of aryl methyl sites for hydroxylation is 2. The highest BCUT2D eigenvalue weighted by Crippen LogP contribution is 2.22. The fraction of sp³-hybridized carbons (Fsp3) is 0.261. The summed E-state index contributed by atoms with van der Waals surface area (Å²) in [5.74, 6) is 1.51. The number of nitrogens with one attached hydrogen (secondary N) is 1. The average Bonchev–Trinajstić information content (AvgIpc) is 2.75. The molecule has 6 nitrogen and oxygen atoms in total. The molecule has 1 aromatic heterocycles. The van der Waals surface area contributed by atoms with Crippen LogP contribution in [0.2, 0.25) is 0 Å². The van der Waals surface area contributed by atoms with Crippen molar-refractivity contribution in [2.24, 2.45) is 0 Å². The second kappa shape index (κ2) is 8.83. The minimum Gasteiger partial charge on any atom is -0.340 e. The average molecular weight is 466 g/mol. The van der Waals surface area contributed by atoms with E-state index in [4.69, 9.17) is 4.98 Å². The van der Waals surface area contributed by atoms with Crippen LogP contribution >= 0.6 is 15.9 Å². The van der Waals surface area contributed by atoms with Crippen LogP contribution in [-0.4, -0.2) is 47.0 Å². The molecule has 0 aliphatic carbocycles. The van der Waals surface area contributed by atoms with Gasteiger partial charge in [-0.15, -0.1) is 0 Å². The van der Waals surface area contributed by atoms with Crippen molar-refractivity contribution in [3.63, 3.8) is 0 Å². The zero-order chi connectivity index (χ0) is 21.1. The standard InChI is InChI=1S/C23H24BrN5O/c1-16-7-9-18(10-8-16)26-21-15-17(2)25-23(27-21)29-13-11-28(12-14-29)22(30)19-5-3-4-6-20(19)24/h3-10,15H,11-14H2,1-2H3,(H,25,26,27). The topological polar surface area (TPSA) is 61.4 Å². The monoisotopic (exact) mass is 465 g/mol. The van der Waals surface area contributed by atoms with E-state index in [0.717, 1.165) is 21.7 Å². The zero-order valence-corrected chi connectivity index (χ0v) is 18.7. The summed E-state index contributed by atoms with van der Waals surface area (Å²) >= 11 is 3.47. The zero-order valence-electron chi connectivity index (χ0n) is 17.1. The largest absolute Gasteiger partial charge is 0.340 e. The number of benzene rings is 2. The number of anilines is 3. The van der Waals surface area contributed by atoms with Crippen LogP contribution < -0.4 is 10.2 Å². The van der Waals surface area contributed by atoms with Crippen molar-refractivity contribution in [3.05, 3.63) is 75.9 Å². The van der Waals surface area contributed by atoms with Crippen molar-refractivity contribution in [1.82, 2.24) is 14.9 Å². The predicted molar refractivity (Wildman–Crippen MR) is 123 cm³/mol. The van der Waals surface area contributed by atoms with Crippen LogP contribution in [0.1, 0.15) is 21.6 Å². The highest BCUT2D eigenvalue weighted by atomic mass is 79.9. The minimum absolute atomic E-state index is 0.0500. The molecule has 1 amide bonds. The Morgan fingerprint density at radius 3 is 2.37 bits per heavy atom. The van der Waals surface area contributed by atoms with E-state index < -0.39 is 0 Å². The number of hydrogen-bond acceptors (Lipinski definition) is 5. The number of hydrogen-bond donors (Lipinski definition) is 1. The molecular weight excluding hydrogens is 442 g/mol. The van der Waals surface area contributed by atoms with Gasteiger partial charge in [0.2, 0.25) is 5.95 Å². The molecule has 0 atom stereocenters. The van der Waals surface area contributed by atoms with Crippen LogP contribution in [0.5, 0.6) is 0 Å². The summed E-state index contributed by atoms with van der Waals surface area (Å²) in [4.78, 5) is 26.2. The number of nitrogens with zero attached hydrogens (tertiary/aromatic N) is 4. The molecule has 1 aliphatic rings. The molecule has 0 bridgehead atoms. The fourth-order valence-electron chi connectivity index (χ4n) is 3.46.